The van der Waals surface area contributed by atoms with E-state index in [4.69, 9.17) is 9.47 Å². The molecule has 0 bridgehead atoms. The largest absolute Gasteiger partial charge is 0.497 e. The molecular formula is C17H22N4O3. The SMILES string of the molecule is COc1ccc(CC(=O)N[C@@H](C)c2nnc3n2CCC3)c(OC)c1. The zero-order valence-electron chi connectivity index (χ0n) is 14.2. The number of hydrogen-bond donors (Lipinski definition) is 1. The van der Waals surface area contributed by atoms with E-state index >= 15 is 0 Å². The van der Waals surface area contributed by atoms with E-state index in [0.29, 0.717) is 11.5 Å². The van der Waals surface area contributed by atoms with Crippen molar-refractivity contribution < 1.29 is 14.3 Å². The van der Waals surface area contributed by atoms with Gasteiger partial charge in [-0.1, -0.05) is 6.07 Å². The average molecular weight is 330 g/mol. The van der Waals surface area contributed by atoms with E-state index in [1.54, 1.807) is 20.3 Å². The third kappa shape index (κ3) is 3.20. The van der Waals surface area contributed by atoms with Crippen LogP contribution >= 0.6 is 0 Å². The number of fused-ring (bicyclic) bond motifs is 1. The molecule has 2 aromatic rings. The van der Waals surface area contributed by atoms with Crippen molar-refractivity contribution in [2.45, 2.75) is 38.8 Å². The van der Waals surface area contributed by atoms with Gasteiger partial charge in [-0.2, -0.15) is 0 Å². The van der Waals surface area contributed by atoms with Crippen LogP contribution in [0.4, 0.5) is 0 Å². The number of rotatable bonds is 6. The molecule has 0 spiro atoms. The van der Waals surface area contributed by atoms with Crippen molar-refractivity contribution >= 4 is 5.91 Å². The number of benzene rings is 1. The molecule has 0 aliphatic carbocycles. The Hall–Kier alpha value is -2.57. The van der Waals surface area contributed by atoms with Crippen molar-refractivity contribution in [3.8, 4) is 11.5 Å². The van der Waals surface area contributed by atoms with Crippen LogP contribution < -0.4 is 14.8 Å². The highest BCUT2D eigenvalue weighted by molar-refractivity contribution is 5.79. The number of hydrogen-bond acceptors (Lipinski definition) is 5. The van der Waals surface area contributed by atoms with Gasteiger partial charge < -0.3 is 19.4 Å². The van der Waals surface area contributed by atoms with Crippen LogP contribution in [-0.4, -0.2) is 34.9 Å². The summed E-state index contributed by atoms with van der Waals surface area (Å²) in [4.78, 5) is 12.4. The Kier molecular flexibility index (Phi) is 4.69. The summed E-state index contributed by atoms with van der Waals surface area (Å²) in [5.41, 5.74) is 0.814. The topological polar surface area (TPSA) is 78.3 Å². The maximum absolute atomic E-state index is 12.4. The summed E-state index contributed by atoms with van der Waals surface area (Å²) >= 11 is 0. The van der Waals surface area contributed by atoms with Gasteiger partial charge in [-0.3, -0.25) is 4.79 Å². The molecule has 3 rings (SSSR count). The van der Waals surface area contributed by atoms with Gasteiger partial charge in [-0.15, -0.1) is 10.2 Å². The second-order valence-corrected chi connectivity index (χ2v) is 5.87. The number of aromatic nitrogens is 3. The summed E-state index contributed by atoms with van der Waals surface area (Å²) in [6.07, 6.45) is 2.27. The minimum Gasteiger partial charge on any atom is -0.497 e. The van der Waals surface area contributed by atoms with Gasteiger partial charge >= 0.3 is 0 Å². The molecule has 0 saturated carbocycles. The summed E-state index contributed by atoms with van der Waals surface area (Å²) in [5.74, 6) is 3.07. The molecule has 1 aromatic carbocycles. The first-order valence-corrected chi connectivity index (χ1v) is 8.04. The van der Waals surface area contributed by atoms with Gasteiger partial charge in [0.05, 0.1) is 26.7 Å². The Balaban J connectivity index is 1.67. The lowest BCUT2D eigenvalue weighted by atomic mass is 10.1. The van der Waals surface area contributed by atoms with E-state index in [-0.39, 0.29) is 18.4 Å². The monoisotopic (exact) mass is 330 g/mol. The summed E-state index contributed by atoms with van der Waals surface area (Å²) in [6.45, 7) is 2.85. The molecule has 1 atom stereocenters. The summed E-state index contributed by atoms with van der Waals surface area (Å²) in [7, 11) is 3.18. The van der Waals surface area contributed by atoms with Crippen LogP contribution in [0.15, 0.2) is 18.2 Å². The van der Waals surface area contributed by atoms with Gasteiger partial charge in [-0.05, 0) is 19.4 Å². The molecule has 1 amide bonds. The van der Waals surface area contributed by atoms with E-state index in [1.165, 1.54) is 0 Å². The third-order valence-corrected chi connectivity index (χ3v) is 4.25. The predicted octanol–water partition coefficient (Wildman–Crippen LogP) is 1.66. The fourth-order valence-corrected chi connectivity index (χ4v) is 3.02. The number of carbonyl (C=O) groups is 1. The van der Waals surface area contributed by atoms with Gasteiger partial charge in [0.25, 0.3) is 0 Å². The number of carbonyl (C=O) groups excluding carboxylic acids is 1. The Labute approximate surface area is 141 Å². The fraction of sp³-hybridized carbons (Fsp3) is 0.471. The van der Waals surface area contributed by atoms with Gasteiger partial charge in [-0.25, -0.2) is 0 Å². The zero-order chi connectivity index (χ0) is 17.1. The molecule has 0 unspecified atom stereocenters. The number of nitrogens with one attached hydrogen (secondary N) is 1. The summed E-state index contributed by atoms with van der Waals surface area (Å²) in [6, 6.07) is 5.26. The van der Waals surface area contributed by atoms with Crippen LogP contribution in [-0.2, 0) is 24.2 Å². The second kappa shape index (κ2) is 6.90. The number of methoxy groups -OCH3 is 2. The molecule has 0 saturated heterocycles. The highest BCUT2D eigenvalue weighted by atomic mass is 16.5. The minimum absolute atomic E-state index is 0.0821. The van der Waals surface area contributed by atoms with Crippen molar-refractivity contribution in [3.63, 3.8) is 0 Å². The Bertz CT molecular complexity index is 741. The fourth-order valence-electron chi connectivity index (χ4n) is 3.02. The van der Waals surface area contributed by atoms with Crippen LogP contribution in [0, 0.1) is 0 Å². The maximum Gasteiger partial charge on any atom is 0.225 e. The van der Waals surface area contributed by atoms with E-state index in [1.807, 2.05) is 19.1 Å². The molecule has 0 fully saturated rings. The van der Waals surface area contributed by atoms with E-state index in [2.05, 4.69) is 20.1 Å². The smallest absolute Gasteiger partial charge is 0.225 e. The molecule has 1 aliphatic heterocycles. The van der Waals surface area contributed by atoms with E-state index in [0.717, 1.165) is 36.6 Å². The Morgan fingerprint density at radius 2 is 2.17 bits per heavy atom. The Morgan fingerprint density at radius 1 is 1.33 bits per heavy atom. The predicted molar refractivity (Wildman–Crippen MR) is 88.2 cm³/mol. The molecule has 7 heteroatoms. The molecule has 1 aromatic heterocycles. The molecule has 0 radical (unpaired) electrons. The van der Waals surface area contributed by atoms with E-state index in [9.17, 15) is 4.79 Å². The van der Waals surface area contributed by atoms with Gasteiger partial charge in [0.2, 0.25) is 5.91 Å². The van der Waals surface area contributed by atoms with Crippen molar-refractivity contribution in [1.29, 1.82) is 0 Å². The molecule has 2 heterocycles. The summed E-state index contributed by atoms with van der Waals surface area (Å²) in [5, 5.41) is 11.4. The maximum atomic E-state index is 12.4. The van der Waals surface area contributed by atoms with Crippen molar-refractivity contribution in [2.75, 3.05) is 14.2 Å². The van der Waals surface area contributed by atoms with Crippen LogP contribution in [0.2, 0.25) is 0 Å². The molecule has 128 valence electrons. The number of nitrogens with zero attached hydrogens (tertiary/aromatic N) is 3. The number of aryl methyl sites for hydroxylation is 1. The van der Waals surface area contributed by atoms with Gasteiger partial charge in [0, 0.05) is 24.6 Å². The zero-order valence-corrected chi connectivity index (χ0v) is 14.2. The standard InChI is InChI=1S/C17H22N4O3/c1-11(17-20-19-15-5-4-8-21(15)17)18-16(22)9-12-6-7-13(23-2)10-14(12)24-3/h6-7,10-11H,4-5,8-9H2,1-3H3,(H,18,22)/t11-/m0/s1. The van der Waals surface area contributed by atoms with Gasteiger partial charge in [0.15, 0.2) is 5.82 Å². The number of amides is 1. The third-order valence-electron chi connectivity index (χ3n) is 4.25. The average Bonchev–Trinajstić information content (AvgIpc) is 3.18. The molecule has 24 heavy (non-hydrogen) atoms. The normalized spacial score (nSPS) is 14.1. The van der Waals surface area contributed by atoms with Crippen LogP contribution in [0.1, 0.15) is 36.6 Å². The van der Waals surface area contributed by atoms with Crippen LogP contribution in [0.5, 0.6) is 11.5 Å². The van der Waals surface area contributed by atoms with Crippen LogP contribution in [0.25, 0.3) is 0 Å². The van der Waals surface area contributed by atoms with Crippen LogP contribution in [0.3, 0.4) is 0 Å². The summed E-state index contributed by atoms with van der Waals surface area (Å²) < 4.78 is 12.6. The quantitative estimate of drug-likeness (QED) is 0.871. The minimum atomic E-state index is -0.180. The molecule has 1 N–H and O–H groups in total. The molecular weight excluding hydrogens is 308 g/mol. The Morgan fingerprint density at radius 3 is 2.92 bits per heavy atom. The highest BCUT2D eigenvalue weighted by Crippen LogP contribution is 2.25. The van der Waals surface area contributed by atoms with Gasteiger partial charge in [0.1, 0.15) is 17.3 Å². The van der Waals surface area contributed by atoms with Crippen molar-refractivity contribution in [2.24, 2.45) is 0 Å². The van der Waals surface area contributed by atoms with Crippen molar-refractivity contribution in [3.05, 3.63) is 35.4 Å². The number of ether oxygens (including phenoxy) is 2. The first-order chi connectivity index (χ1) is 11.6. The lowest BCUT2D eigenvalue weighted by Gasteiger charge is -2.15. The first kappa shape index (κ1) is 16.3. The van der Waals surface area contributed by atoms with Crippen molar-refractivity contribution in [1.82, 2.24) is 20.1 Å². The lowest BCUT2D eigenvalue weighted by molar-refractivity contribution is -0.121. The lowest BCUT2D eigenvalue weighted by Crippen LogP contribution is -2.30. The highest BCUT2D eigenvalue weighted by Gasteiger charge is 2.22. The molecule has 1 aliphatic rings. The van der Waals surface area contributed by atoms with E-state index < -0.39 is 0 Å². The second-order valence-electron chi connectivity index (χ2n) is 5.87. The molecule has 7 nitrogen and oxygen atoms in total. The first-order valence-electron chi connectivity index (χ1n) is 8.04.